The van der Waals surface area contributed by atoms with Gasteiger partial charge in [-0.3, -0.25) is 4.57 Å². The summed E-state index contributed by atoms with van der Waals surface area (Å²) in [7, 11) is 1.63. The van der Waals surface area contributed by atoms with Crippen LogP contribution in [0.15, 0.2) is 48.6 Å². The van der Waals surface area contributed by atoms with Crippen molar-refractivity contribution in [3.63, 3.8) is 0 Å². The van der Waals surface area contributed by atoms with Crippen molar-refractivity contribution in [2.45, 2.75) is 12.0 Å². The molecule has 1 fully saturated rings. The zero-order chi connectivity index (χ0) is 21.9. The van der Waals surface area contributed by atoms with E-state index in [1.54, 1.807) is 13.2 Å². The Balaban J connectivity index is 1.40. The van der Waals surface area contributed by atoms with E-state index in [0.29, 0.717) is 41.4 Å². The maximum Gasteiger partial charge on any atom is 0.232 e. The third kappa shape index (κ3) is 2.83. The van der Waals surface area contributed by atoms with Gasteiger partial charge in [0.1, 0.15) is 12.4 Å². The second-order valence-corrected chi connectivity index (χ2v) is 8.64. The van der Waals surface area contributed by atoms with Gasteiger partial charge in [-0.05, 0) is 29.8 Å². The minimum Gasteiger partial charge on any atom is -0.454 e. The minimum absolute atomic E-state index is 0.208. The first-order valence-electron chi connectivity index (χ1n) is 10.3. The third-order valence-electron chi connectivity index (χ3n) is 6.47. The fourth-order valence-electron chi connectivity index (χ4n) is 4.89. The summed E-state index contributed by atoms with van der Waals surface area (Å²) >= 11 is 6.45. The van der Waals surface area contributed by atoms with Gasteiger partial charge < -0.3 is 19.1 Å². The number of fused-ring (bicyclic) bond motifs is 2. The second-order valence-electron chi connectivity index (χ2n) is 8.23. The van der Waals surface area contributed by atoms with Crippen molar-refractivity contribution in [2.24, 2.45) is 5.92 Å². The molecular formula is C23H20ClFN4O3. The van der Waals surface area contributed by atoms with Gasteiger partial charge in [-0.15, -0.1) is 10.2 Å². The summed E-state index contributed by atoms with van der Waals surface area (Å²) in [5.41, 5.74) is 1.52. The molecule has 2 atom stereocenters. The number of ether oxygens (including phenoxy) is 3. The number of rotatable bonds is 5. The molecule has 0 bridgehead atoms. The molecule has 164 valence electrons. The number of aromatic nitrogens is 3. The van der Waals surface area contributed by atoms with E-state index in [4.69, 9.17) is 25.8 Å². The summed E-state index contributed by atoms with van der Waals surface area (Å²) in [6.45, 7) is 1.93. The molecule has 0 spiro atoms. The summed E-state index contributed by atoms with van der Waals surface area (Å²) in [6.07, 6.45) is 4.34. The first kappa shape index (κ1) is 19.6. The van der Waals surface area contributed by atoms with Gasteiger partial charge in [0.05, 0.1) is 5.69 Å². The lowest BCUT2D eigenvalue weighted by Crippen LogP contribution is -2.38. The van der Waals surface area contributed by atoms with Gasteiger partial charge in [0.15, 0.2) is 17.3 Å². The Hall–Kier alpha value is -3.10. The van der Waals surface area contributed by atoms with Crippen LogP contribution in [-0.2, 0) is 16.8 Å². The van der Waals surface area contributed by atoms with Crippen LogP contribution in [0.3, 0.4) is 0 Å². The quantitative estimate of drug-likeness (QED) is 0.545. The number of hydrogen-bond donors (Lipinski definition) is 0. The van der Waals surface area contributed by atoms with Crippen molar-refractivity contribution in [3.8, 4) is 17.2 Å². The second kappa shape index (κ2) is 7.21. The SMILES string of the molecule is COCc1nnc(N2C[C@@H]3C=C[C@]3(c3ccc(F)cc3Cl)C2)n1-c1ccc2c(c1)OCO2. The Morgan fingerprint density at radius 1 is 1.19 bits per heavy atom. The van der Waals surface area contributed by atoms with Crippen LogP contribution in [0.2, 0.25) is 5.02 Å². The Morgan fingerprint density at radius 3 is 2.84 bits per heavy atom. The third-order valence-corrected chi connectivity index (χ3v) is 6.79. The number of methoxy groups -OCH3 is 1. The maximum absolute atomic E-state index is 13.7. The molecule has 0 N–H and O–H groups in total. The largest absolute Gasteiger partial charge is 0.454 e. The fraction of sp³-hybridized carbons (Fsp3) is 0.304. The van der Waals surface area contributed by atoms with E-state index in [9.17, 15) is 4.39 Å². The predicted molar refractivity (Wildman–Crippen MR) is 116 cm³/mol. The van der Waals surface area contributed by atoms with Crippen LogP contribution < -0.4 is 14.4 Å². The molecule has 7 nitrogen and oxygen atoms in total. The molecule has 0 amide bonds. The van der Waals surface area contributed by atoms with Gasteiger partial charge >= 0.3 is 0 Å². The molecule has 2 aromatic carbocycles. The van der Waals surface area contributed by atoms with E-state index in [1.165, 1.54) is 12.1 Å². The lowest BCUT2D eigenvalue weighted by atomic mass is 9.65. The van der Waals surface area contributed by atoms with Crippen molar-refractivity contribution >= 4 is 17.5 Å². The zero-order valence-corrected chi connectivity index (χ0v) is 18.1. The van der Waals surface area contributed by atoms with Crippen molar-refractivity contribution in [1.29, 1.82) is 0 Å². The smallest absolute Gasteiger partial charge is 0.232 e. The number of halogens is 2. The van der Waals surface area contributed by atoms with Crippen molar-refractivity contribution in [2.75, 3.05) is 31.9 Å². The number of hydrogen-bond acceptors (Lipinski definition) is 6. The Labute approximate surface area is 189 Å². The maximum atomic E-state index is 13.7. The normalized spacial score (nSPS) is 22.8. The predicted octanol–water partition coefficient (Wildman–Crippen LogP) is 3.88. The number of benzene rings is 2. The summed E-state index contributed by atoms with van der Waals surface area (Å²) < 4.78 is 32.0. The van der Waals surface area contributed by atoms with E-state index < -0.39 is 0 Å². The van der Waals surface area contributed by atoms with Crippen LogP contribution in [0.5, 0.6) is 11.5 Å². The lowest BCUT2D eigenvalue weighted by molar-refractivity contribution is 0.173. The molecule has 1 saturated heterocycles. The van der Waals surface area contributed by atoms with Gasteiger partial charge in [-0.2, -0.15) is 0 Å². The van der Waals surface area contributed by atoms with Crippen LogP contribution in [0.25, 0.3) is 5.69 Å². The molecule has 1 aliphatic carbocycles. The molecule has 3 aliphatic rings. The van der Waals surface area contributed by atoms with E-state index in [2.05, 4.69) is 27.2 Å². The molecule has 1 aromatic heterocycles. The highest BCUT2D eigenvalue weighted by molar-refractivity contribution is 6.31. The van der Waals surface area contributed by atoms with Crippen LogP contribution in [0.1, 0.15) is 11.4 Å². The summed E-state index contributed by atoms with van der Waals surface area (Å²) in [4.78, 5) is 2.20. The average molecular weight is 455 g/mol. The highest BCUT2D eigenvalue weighted by Gasteiger charge is 2.51. The number of nitrogens with zero attached hydrogens (tertiary/aromatic N) is 4. The summed E-state index contributed by atoms with van der Waals surface area (Å²) in [5.74, 6) is 2.70. The van der Waals surface area contributed by atoms with Crippen LogP contribution >= 0.6 is 11.6 Å². The standard InChI is InChI=1S/C23H20ClFN4O3/c1-30-11-21-26-27-22(29(21)16-3-5-19-20(9-16)32-13-31-19)28-10-14-6-7-23(14,12-28)17-4-2-15(25)8-18(17)24/h2-9,14H,10-13H2,1H3/t14-,23-/m0/s1. The topological polar surface area (TPSA) is 61.6 Å². The van der Waals surface area contributed by atoms with E-state index in [1.807, 2.05) is 22.8 Å². The Kier molecular flexibility index (Phi) is 4.41. The molecule has 3 aromatic rings. The van der Waals surface area contributed by atoms with E-state index in [0.717, 1.165) is 17.8 Å². The van der Waals surface area contributed by atoms with Crippen molar-refractivity contribution < 1.29 is 18.6 Å². The minimum atomic E-state index is -0.336. The number of anilines is 1. The highest BCUT2D eigenvalue weighted by Crippen LogP contribution is 2.51. The van der Waals surface area contributed by atoms with Crippen molar-refractivity contribution in [3.05, 3.63) is 70.8 Å². The van der Waals surface area contributed by atoms with Crippen LogP contribution in [-0.4, -0.2) is 41.8 Å². The lowest BCUT2D eigenvalue weighted by Gasteiger charge is -2.38. The van der Waals surface area contributed by atoms with Gasteiger partial charge in [0.25, 0.3) is 0 Å². The molecule has 2 aliphatic heterocycles. The van der Waals surface area contributed by atoms with Gasteiger partial charge in [0.2, 0.25) is 12.7 Å². The average Bonchev–Trinajstić information content (AvgIpc) is 3.46. The summed E-state index contributed by atoms with van der Waals surface area (Å²) in [5, 5.41) is 9.35. The van der Waals surface area contributed by atoms with E-state index >= 15 is 0 Å². The van der Waals surface area contributed by atoms with E-state index in [-0.39, 0.29) is 23.9 Å². The molecule has 0 radical (unpaired) electrons. The Bertz CT molecular complexity index is 1250. The molecule has 3 heterocycles. The first-order valence-corrected chi connectivity index (χ1v) is 10.7. The molecule has 0 unspecified atom stereocenters. The van der Waals surface area contributed by atoms with Crippen molar-refractivity contribution in [1.82, 2.24) is 14.8 Å². The molecular weight excluding hydrogens is 435 g/mol. The van der Waals surface area contributed by atoms with Crippen LogP contribution in [0, 0.1) is 11.7 Å². The molecule has 32 heavy (non-hydrogen) atoms. The van der Waals surface area contributed by atoms with Crippen LogP contribution in [0.4, 0.5) is 10.3 Å². The molecule has 0 saturated carbocycles. The monoisotopic (exact) mass is 454 g/mol. The zero-order valence-electron chi connectivity index (χ0n) is 17.3. The highest BCUT2D eigenvalue weighted by atomic mass is 35.5. The molecule has 6 rings (SSSR count). The fourth-order valence-corrected chi connectivity index (χ4v) is 5.24. The van der Waals surface area contributed by atoms with Gasteiger partial charge in [-0.1, -0.05) is 29.8 Å². The summed E-state index contributed by atoms with van der Waals surface area (Å²) in [6, 6.07) is 10.4. The molecule has 9 heteroatoms. The Morgan fingerprint density at radius 2 is 2.06 bits per heavy atom. The van der Waals surface area contributed by atoms with Gasteiger partial charge in [0, 0.05) is 42.6 Å². The van der Waals surface area contributed by atoms with Gasteiger partial charge in [-0.25, -0.2) is 4.39 Å². The first-order chi connectivity index (χ1) is 15.6.